The Hall–Kier alpha value is -0.690. The van der Waals surface area contributed by atoms with Crippen LogP contribution in [0.5, 0.6) is 0 Å². The molecule has 2 atom stereocenters. The number of nitrogens with zero attached hydrogens (tertiary/aromatic N) is 2. The molecule has 0 aromatic carbocycles. The van der Waals surface area contributed by atoms with Gasteiger partial charge in [0.2, 0.25) is 0 Å². The molecule has 102 valence electrons. The van der Waals surface area contributed by atoms with Gasteiger partial charge in [0.1, 0.15) is 0 Å². The van der Waals surface area contributed by atoms with Crippen molar-refractivity contribution in [2.24, 2.45) is 5.73 Å². The Morgan fingerprint density at radius 1 is 1.61 bits per heavy atom. The number of aromatic nitrogens is 1. The number of rotatable bonds is 5. The van der Waals surface area contributed by atoms with E-state index in [0.717, 1.165) is 28.7 Å². The highest BCUT2D eigenvalue weighted by Gasteiger charge is 2.29. The van der Waals surface area contributed by atoms with Gasteiger partial charge in [-0.2, -0.15) is 0 Å². The number of hydrogen-bond acceptors (Lipinski definition) is 6. The number of methoxy groups -OCH3 is 1. The van der Waals surface area contributed by atoms with Gasteiger partial charge in [0.05, 0.1) is 24.4 Å². The monoisotopic (exact) mass is 271 g/mol. The van der Waals surface area contributed by atoms with E-state index in [1.54, 1.807) is 18.4 Å². The second-order valence-electron chi connectivity index (χ2n) is 4.55. The summed E-state index contributed by atoms with van der Waals surface area (Å²) in [5.41, 5.74) is 6.70. The normalized spacial score (nSPS) is 23.6. The molecular weight excluding hydrogens is 250 g/mol. The van der Waals surface area contributed by atoms with Crippen molar-refractivity contribution in [1.29, 1.82) is 0 Å². The Morgan fingerprint density at radius 2 is 2.39 bits per heavy atom. The molecule has 0 radical (unpaired) electrons. The zero-order valence-electron chi connectivity index (χ0n) is 11.2. The molecule has 1 aliphatic rings. The summed E-state index contributed by atoms with van der Waals surface area (Å²) in [6.45, 7) is 3.98. The Labute approximate surface area is 112 Å². The molecule has 0 bridgehead atoms. The maximum Gasteiger partial charge on any atom is 0.185 e. The lowest BCUT2D eigenvalue weighted by Crippen LogP contribution is -2.36. The third kappa shape index (κ3) is 2.66. The van der Waals surface area contributed by atoms with E-state index in [9.17, 15) is 0 Å². The van der Waals surface area contributed by atoms with E-state index in [0.29, 0.717) is 19.2 Å². The number of ether oxygens (including phenoxy) is 2. The first kappa shape index (κ1) is 13.7. The zero-order chi connectivity index (χ0) is 13.1. The van der Waals surface area contributed by atoms with Crippen molar-refractivity contribution >= 4 is 16.5 Å². The molecule has 2 heterocycles. The molecule has 0 amide bonds. The lowest BCUT2D eigenvalue weighted by molar-refractivity contribution is 0.118. The van der Waals surface area contributed by atoms with Gasteiger partial charge in [-0.05, 0) is 13.3 Å². The van der Waals surface area contributed by atoms with Crippen LogP contribution in [-0.2, 0) is 22.6 Å². The van der Waals surface area contributed by atoms with E-state index in [1.807, 2.05) is 0 Å². The van der Waals surface area contributed by atoms with Crippen molar-refractivity contribution in [2.75, 3.05) is 25.7 Å². The minimum atomic E-state index is 0.256. The first-order valence-corrected chi connectivity index (χ1v) is 7.01. The molecule has 6 heteroatoms. The fourth-order valence-corrected chi connectivity index (χ4v) is 3.26. The van der Waals surface area contributed by atoms with E-state index >= 15 is 0 Å². The average Bonchev–Trinajstić information content (AvgIpc) is 2.95. The number of nitrogens with two attached hydrogens (primary N) is 1. The molecule has 5 nitrogen and oxygen atoms in total. The molecule has 1 saturated heterocycles. The summed E-state index contributed by atoms with van der Waals surface area (Å²) >= 11 is 1.65. The molecule has 0 aliphatic carbocycles. The minimum absolute atomic E-state index is 0.256. The van der Waals surface area contributed by atoms with Gasteiger partial charge in [-0.15, -0.1) is 11.3 Å². The van der Waals surface area contributed by atoms with Gasteiger partial charge in [0.15, 0.2) is 5.13 Å². The van der Waals surface area contributed by atoms with Crippen molar-refractivity contribution in [3.63, 3.8) is 0 Å². The standard InChI is InChI=1S/C12H21N3O2S/c1-8-10(4-5-17-8)15(2)12-14-9(7-16-3)11(6-13)18-12/h8,10H,4-7,13H2,1-3H3. The van der Waals surface area contributed by atoms with E-state index in [2.05, 4.69) is 23.9 Å². The molecule has 1 fully saturated rings. The number of likely N-dealkylation sites (N-methyl/N-ethyl adjacent to an activating group) is 1. The molecule has 0 saturated carbocycles. The van der Waals surface area contributed by atoms with Crippen LogP contribution >= 0.6 is 11.3 Å². The average molecular weight is 271 g/mol. The second-order valence-corrected chi connectivity index (χ2v) is 5.61. The van der Waals surface area contributed by atoms with Crippen LogP contribution in [0.2, 0.25) is 0 Å². The van der Waals surface area contributed by atoms with Gasteiger partial charge in [-0.1, -0.05) is 0 Å². The Morgan fingerprint density at radius 3 is 2.94 bits per heavy atom. The van der Waals surface area contributed by atoms with Crippen molar-refractivity contribution < 1.29 is 9.47 Å². The predicted molar refractivity (Wildman–Crippen MR) is 72.9 cm³/mol. The lowest BCUT2D eigenvalue weighted by atomic mass is 10.1. The molecule has 2 N–H and O–H groups in total. The van der Waals surface area contributed by atoms with Gasteiger partial charge in [0.25, 0.3) is 0 Å². The van der Waals surface area contributed by atoms with Crippen LogP contribution in [0.15, 0.2) is 0 Å². The molecule has 2 unspecified atom stereocenters. The molecule has 2 rings (SSSR count). The molecule has 1 aromatic heterocycles. The van der Waals surface area contributed by atoms with Crippen LogP contribution in [0.25, 0.3) is 0 Å². The first-order valence-electron chi connectivity index (χ1n) is 6.19. The van der Waals surface area contributed by atoms with Gasteiger partial charge >= 0.3 is 0 Å². The van der Waals surface area contributed by atoms with E-state index in [-0.39, 0.29) is 6.10 Å². The smallest absolute Gasteiger partial charge is 0.185 e. The van der Waals surface area contributed by atoms with Crippen molar-refractivity contribution in [1.82, 2.24) is 4.98 Å². The number of thiazole rings is 1. The summed E-state index contributed by atoms with van der Waals surface area (Å²) in [6.07, 6.45) is 1.31. The van der Waals surface area contributed by atoms with Crippen LogP contribution in [0.4, 0.5) is 5.13 Å². The van der Waals surface area contributed by atoms with Gasteiger partial charge in [-0.3, -0.25) is 0 Å². The van der Waals surface area contributed by atoms with Crippen LogP contribution in [0, 0.1) is 0 Å². The van der Waals surface area contributed by atoms with E-state index < -0.39 is 0 Å². The Bertz CT molecular complexity index is 397. The van der Waals surface area contributed by atoms with Gasteiger partial charge < -0.3 is 20.1 Å². The summed E-state index contributed by atoms with van der Waals surface area (Å²) in [4.78, 5) is 7.94. The molecule has 18 heavy (non-hydrogen) atoms. The fourth-order valence-electron chi connectivity index (χ4n) is 2.30. The van der Waals surface area contributed by atoms with E-state index in [1.165, 1.54) is 0 Å². The third-order valence-corrected chi connectivity index (χ3v) is 4.58. The molecule has 1 aromatic rings. The van der Waals surface area contributed by atoms with Crippen molar-refractivity contribution in [2.45, 2.75) is 38.6 Å². The number of anilines is 1. The van der Waals surface area contributed by atoms with Crippen LogP contribution in [0.1, 0.15) is 23.9 Å². The van der Waals surface area contributed by atoms with E-state index in [4.69, 9.17) is 15.2 Å². The van der Waals surface area contributed by atoms with Gasteiger partial charge in [-0.25, -0.2) is 4.98 Å². The first-order chi connectivity index (χ1) is 8.67. The highest BCUT2D eigenvalue weighted by molar-refractivity contribution is 7.15. The summed E-state index contributed by atoms with van der Waals surface area (Å²) < 4.78 is 10.8. The Kier molecular flexibility index (Phi) is 4.55. The quantitative estimate of drug-likeness (QED) is 0.876. The highest BCUT2D eigenvalue weighted by atomic mass is 32.1. The fraction of sp³-hybridized carbons (Fsp3) is 0.750. The zero-order valence-corrected chi connectivity index (χ0v) is 12.0. The number of hydrogen-bond donors (Lipinski definition) is 1. The van der Waals surface area contributed by atoms with Crippen LogP contribution in [-0.4, -0.2) is 37.9 Å². The third-order valence-electron chi connectivity index (χ3n) is 3.37. The largest absolute Gasteiger partial charge is 0.378 e. The van der Waals surface area contributed by atoms with Gasteiger partial charge in [0, 0.05) is 32.2 Å². The van der Waals surface area contributed by atoms with Crippen molar-refractivity contribution in [3.05, 3.63) is 10.6 Å². The summed E-state index contributed by atoms with van der Waals surface area (Å²) in [6, 6.07) is 0.400. The Balaban J connectivity index is 2.16. The predicted octanol–water partition coefficient (Wildman–Crippen LogP) is 1.36. The molecule has 1 aliphatic heterocycles. The summed E-state index contributed by atoms with van der Waals surface area (Å²) in [7, 11) is 3.75. The minimum Gasteiger partial charge on any atom is -0.378 e. The molecule has 0 spiro atoms. The second kappa shape index (κ2) is 5.97. The summed E-state index contributed by atoms with van der Waals surface area (Å²) in [5, 5.41) is 1.00. The maximum atomic E-state index is 5.75. The molecular formula is C12H21N3O2S. The maximum absolute atomic E-state index is 5.75. The van der Waals surface area contributed by atoms with Crippen LogP contribution in [0.3, 0.4) is 0 Å². The lowest BCUT2D eigenvalue weighted by Gasteiger charge is -2.26. The summed E-state index contributed by atoms with van der Waals surface area (Å²) in [5.74, 6) is 0. The topological polar surface area (TPSA) is 60.6 Å². The van der Waals surface area contributed by atoms with Crippen molar-refractivity contribution in [3.8, 4) is 0 Å². The SMILES string of the molecule is COCc1nc(N(C)C2CCOC2C)sc1CN. The van der Waals surface area contributed by atoms with Crippen LogP contribution < -0.4 is 10.6 Å². The highest BCUT2D eigenvalue weighted by Crippen LogP contribution is 2.30.